The molecule has 11 heteroatoms. The van der Waals surface area contributed by atoms with E-state index in [-0.39, 0.29) is 23.0 Å². The number of benzene rings is 2. The van der Waals surface area contributed by atoms with Crippen molar-refractivity contribution in [1.82, 2.24) is 0 Å². The summed E-state index contributed by atoms with van der Waals surface area (Å²) in [5.41, 5.74) is 4.24. The number of allylic oxidation sites excluding steroid dienone is 1. The molecule has 0 saturated heterocycles. The fourth-order valence-corrected chi connectivity index (χ4v) is 2.27. The Morgan fingerprint density at radius 2 is 1.76 bits per heavy atom. The Kier molecular flexibility index (Phi) is 6.69. The van der Waals surface area contributed by atoms with E-state index < -0.39 is 22.8 Å². The number of carbonyl (C=O) groups is 1. The molecule has 0 bridgehead atoms. The van der Waals surface area contributed by atoms with Crippen LogP contribution in [-0.4, -0.2) is 11.9 Å². The van der Waals surface area contributed by atoms with Crippen molar-refractivity contribution in [2.45, 2.75) is 6.18 Å². The number of ether oxygens (including phenoxy) is 1. The van der Waals surface area contributed by atoms with E-state index in [9.17, 15) is 18.0 Å². The van der Waals surface area contributed by atoms with Crippen molar-refractivity contribution in [3.63, 3.8) is 0 Å². The van der Waals surface area contributed by atoms with Crippen LogP contribution in [0.5, 0.6) is 5.75 Å². The van der Waals surface area contributed by atoms with Crippen LogP contribution in [0.3, 0.4) is 0 Å². The van der Waals surface area contributed by atoms with Gasteiger partial charge in [-0.15, -0.1) is 0 Å². The molecule has 7 nitrogen and oxygen atoms in total. The van der Waals surface area contributed by atoms with E-state index in [1.165, 1.54) is 30.3 Å². The summed E-state index contributed by atoms with van der Waals surface area (Å²) in [5.74, 6) is -0.110. The molecule has 0 aliphatic rings. The third-order valence-corrected chi connectivity index (χ3v) is 3.61. The van der Waals surface area contributed by atoms with Crippen LogP contribution in [0.15, 0.2) is 54.2 Å². The summed E-state index contributed by atoms with van der Waals surface area (Å²) in [4.78, 5) is 12.0. The van der Waals surface area contributed by atoms with Crippen LogP contribution in [0.4, 0.5) is 29.3 Å². The van der Waals surface area contributed by atoms with E-state index in [2.05, 4.69) is 10.6 Å². The standard InChI is InChI=1S/C18H13ClF3N5O2/c19-15-6-3-12(8-14(15)18(20,21)22)27-17(28)26-11-1-4-13(5-2-11)29-16(25)7-10(24)9-23/h1-8,25H,24H2,(H2,26,27,28)/b10-7+,25-16?. The highest BCUT2D eigenvalue weighted by atomic mass is 35.5. The largest absolute Gasteiger partial charge is 0.440 e. The molecule has 0 unspecified atom stereocenters. The molecule has 0 aliphatic heterocycles. The highest BCUT2D eigenvalue weighted by Gasteiger charge is 2.33. The number of halogens is 4. The third kappa shape index (κ3) is 6.44. The highest BCUT2D eigenvalue weighted by molar-refractivity contribution is 6.31. The quantitative estimate of drug-likeness (QED) is 0.322. The summed E-state index contributed by atoms with van der Waals surface area (Å²) in [6.07, 6.45) is -3.62. The molecule has 0 aliphatic carbocycles. The predicted molar refractivity (Wildman–Crippen MR) is 102 cm³/mol. The molecule has 0 fully saturated rings. The van der Waals surface area contributed by atoms with Gasteiger partial charge in [0, 0.05) is 17.5 Å². The molecule has 0 spiro atoms. The average Bonchev–Trinajstić information content (AvgIpc) is 2.63. The molecule has 2 amide bonds. The molecule has 0 saturated carbocycles. The molecule has 5 N–H and O–H groups in total. The minimum absolute atomic E-state index is 0.0884. The molecule has 0 aromatic heterocycles. The monoisotopic (exact) mass is 423 g/mol. The minimum atomic E-state index is -4.65. The van der Waals surface area contributed by atoms with Crippen molar-refractivity contribution >= 4 is 34.9 Å². The van der Waals surface area contributed by atoms with Crippen LogP contribution >= 0.6 is 11.6 Å². The number of urea groups is 1. The van der Waals surface area contributed by atoms with Gasteiger partial charge in [0.15, 0.2) is 0 Å². The van der Waals surface area contributed by atoms with E-state index in [4.69, 9.17) is 32.7 Å². The Balaban J connectivity index is 2.00. The van der Waals surface area contributed by atoms with Gasteiger partial charge in [-0.25, -0.2) is 4.79 Å². The zero-order valence-electron chi connectivity index (χ0n) is 14.5. The van der Waals surface area contributed by atoms with E-state index >= 15 is 0 Å². The molecular weight excluding hydrogens is 411 g/mol. The summed E-state index contributed by atoms with van der Waals surface area (Å²) in [7, 11) is 0. The van der Waals surface area contributed by atoms with Gasteiger partial charge in [0.05, 0.1) is 10.6 Å². The van der Waals surface area contributed by atoms with Crippen molar-refractivity contribution in [2.24, 2.45) is 5.73 Å². The van der Waals surface area contributed by atoms with E-state index in [1.54, 1.807) is 6.07 Å². The molecule has 0 radical (unpaired) electrons. The number of amides is 2. The van der Waals surface area contributed by atoms with Gasteiger partial charge < -0.3 is 21.1 Å². The first-order valence-electron chi connectivity index (χ1n) is 7.77. The lowest BCUT2D eigenvalue weighted by Gasteiger charge is -2.12. The number of nitriles is 1. The maximum absolute atomic E-state index is 12.9. The number of anilines is 2. The fourth-order valence-electron chi connectivity index (χ4n) is 2.05. The molecular formula is C18H13ClF3N5O2. The number of hydrogen-bond acceptors (Lipinski definition) is 5. The van der Waals surface area contributed by atoms with Crippen molar-refractivity contribution in [1.29, 1.82) is 10.7 Å². The molecule has 2 aromatic rings. The molecule has 29 heavy (non-hydrogen) atoms. The number of nitrogens with zero attached hydrogens (tertiary/aromatic N) is 1. The van der Waals surface area contributed by atoms with Gasteiger partial charge in [-0.1, -0.05) is 11.6 Å². The Morgan fingerprint density at radius 1 is 1.17 bits per heavy atom. The molecule has 0 heterocycles. The number of carbonyl (C=O) groups excluding carboxylic acids is 1. The number of hydrogen-bond donors (Lipinski definition) is 4. The topological polar surface area (TPSA) is 124 Å². The smallest absolute Gasteiger partial charge is 0.417 e. The molecule has 0 atom stereocenters. The van der Waals surface area contributed by atoms with Crippen molar-refractivity contribution in [3.05, 3.63) is 64.8 Å². The van der Waals surface area contributed by atoms with Gasteiger partial charge >= 0.3 is 12.2 Å². The van der Waals surface area contributed by atoms with E-state index in [1.807, 2.05) is 0 Å². The van der Waals surface area contributed by atoms with Gasteiger partial charge in [-0.2, -0.15) is 18.4 Å². The summed E-state index contributed by atoms with van der Waals surface area (Å²) >= 11 is 5.53. The predicted octanol–water partition coefficient (Wildman–Crippen LogP) is 4.73. The minimum Gasteiger partial charge on any atom is -0.440 e. The average molecular weight is 424 g/mol. The number of nitrogens with one attached hydrogen (secondary N) is 3. The van der Waals surface area contributed by atoms with Gasteiger partial charge in [-0.3, -0.25) is 5.41 Å². The second kappa shape index (κ2) is 8.99. The Bertz CT molecular complexity index is 998. The van der Waals surface area contributed by atoms with Crippen LogP contribution in [0, 0.1) is 16.7 Å². The Morgan fingerprint density at radius 3 is 2.34 bits per heavy atom. The number of nitrogens with two attached hydrogens (primary N) is 1. The van der Waals surface area contributed by atoms with Crippen LogP contribution in [0.1, 0.15) is 5.56 Å². The van der Waals surface area contributed by atoms with Gasteiger partial charge in [0.2, 0.25) is 5.90 Å². The van der Waals surface area contributed by atoms with Crippen LogP contribution in [0.25, 0.3) is 0 Å². The first-order chi connectivity index (χ1) is 13.6. The summed E-state index contributed by atoms with van der Waals surface area (Å²) < 4.78 is 43.7. The summed E-state index contributed by atoms with van der Waals surface area (Å²) in [6.45, 7) is 0. The number of rotatable bonds is 4. The zero-order chi connectivity index (χ0) is 21.6. The van der Waals surface area contributed by atoms with Crippen LogP contribution in [-0.2, 0) is 6.18 Å². The number of alkyl halides is 3. The van der Waals surface area contributed by atoms with Crippen molar-refractivity contribution < 1.29 is 22.7 Å². The van der Waals surface area contributed by atoms with E-state index in [0.29, 0.717) is 5.69 Å². The van der Waals surface area contributed by atoms with Crippen LogP contribution in [0.2, 0.25) is 5.02 Å². The second-order valence-electron chi connectivity index (χ2n) is 5.47. The highest BCUT2D eigenvalue weighted by Crippen LogP contribution is 2.36. The van der Waals surface area contributed by atoms with Crippen molar-refractivity contribution in [3.8, 4) is 11.8 Å². The lowest BCUT2D eigenvalue weighted by atomic mass is 10.2. The zero-order valence-corrected chi connectivity index (χ0v) is 15.2. The van der Waals surface area contributed by atoms with Gasteiger partial charge in [0.1, 0.15) is 17.5 Å². The summed E-state index contributed by atoms with van der Waals surface area (Å²) in [6, 6.07) is 9.63. The molecule has 150 valence electrons. The fraction of sp³-hybridized carbons (Fsp3) is 0.0556. The third-order valence-electron chi connectivity index (χ3n) is 3.29. The van der Waals surface area contributed by atoms with Gasteiger partial charge in [-0.05, 0) is 42.5 Å². The Labute approximate surface area is 168 Å². The molecule has 2 aromatic carbocycles. The lowest BCUT2D eigenvalue weighted by molar-refractivity contribution is -0.137. The summed E-state index contributed by atoms with van der Waals surface area (Å²) in [5, 5.41) is 20.3. The normalized spacial score (nSPS) is 11.3. The maximum Gasteiger partial charge on any atom is 0.417 e. The Hall–Kier alpha value is -3.71. The molecule has 2 rings (SSSR count). The second-order valence-corrected chi connectivity index (χ2v) is 5.88. The van der Waals surface area contributed by atoms with Crippen LogP contribution < -0.4 is 21.1 Å². The first-order valence-corrected chi connectivity index (χ1v) is 8.15. The first kappa shape index (κ1) is 21.6. The van der Waals surface area contributed by atoms with Gasteiger partial charge in [0.25, 0.3) is 0 Å². The van der Waals surface area contributed by atoms with E-state index in [0.717, 1.165) is 18.2 Å². The SMILES string of the molecule is N#C/C(N)=C\C(=N)Oc1ccc(NC(=O)Nc2ccc(Cl)c(C(F)(F)F)c2)cc1. The van der Waals surface area contributed by atoms with Crippen molar-refractivity contribution in [2.75, 3.05) is 10.6 Å². The lowest BCUT2D eigenvalue weighted by Crippen LogP contribution is -2.20. The maximum atomic E-state index is 12.9.